The molecule has 2 aliphatic rings. The molecule has 2 fully saturated rings. The largest absolute Gasteiger partial charge is 0.317 e. The number of pyridine rings is 1. The maximum Gasteiger partial charge on any atom is 0.229 e. The third kappa shape index (κ3) is 4.18. The fraction of sp³-hybridized carbons (Fsp3) is 0.481. The third-order valence-electron chi connectivity index (χ3n) is 7.87. The number of aryl methyl sites for hydroxylation is 2. The van der Waals surface area contributed by atoms with Crippen LogP contribution in [0.15, 0.2) is 24.5 Å². The second-order valence-electron chi connectivity index (χ2n) is 10.0. The van der Waals surface area contributed by atoms with Gasteiger partial charge in [0.2, 0.25) is 5.95 Å². The molecule has 7 nitrogen and oxygen atoms in total. The Balaban J connectivity index is 1.24. The molecule has 4 aromatic rings. The maximum absolute atomic E-state index is 14.9. The van der Waals surface area contributed by atoms with Gasteiger partial charge in [-0.25, -0.2) is 24.3 Å². The van der Waals surface area contributed by atoms with Crippen molar-refractivity contribution in [2.24, 2.45) is 0 Å². The number of piperidine rings is 1. The third-order valence-corrected chi connectivity index (χ3v) is 9.16. The van der Waals surface area contributed by atoms with Crippen LogP contribution in [-0.2, 0) is 0 Å². The molecule has 9 heteroatoms. The van der Waals surface area contributed by atoms with Crippen molar-refractivity contribution in [1.82, 2.24) is 29.4 Å². The van der Waals surface area contributed by atoms with E-state index in [1.165, 1.54) is 43.9 Å². The number of nitrogens with one attached hydrogen (secondary N) is 1. The standard InChI is InChI=1S/C27H32FN7S/c1-4-34-12-10-18(11-13-34)19-8-9-22(29-14-19)32-27-30-15-21(28)24(33-27)25-16(2)23-26(36-25)35(17(3)31-23)20-6-5-7-20/h8-9,14-15,18,20H,4-7,10-13H2,1-3H3,(H,29,30,32,33). The lowest BCUT2D eigenvalue weighted by atomic mass is 9.90. The first-order chi connectivity index (χ1) is 17.5. The first-order valence-electron chi connectivity index (χ1n) is 13.0. The average molecular weight is 506 g/mol. The molecule has 0 atom stereocenters. The number of hydrogen-bond donors (Lipinski definition) is 1. The van der Waals surface area contributed by atoms with Gasteiger partial charge in [0.1, 0.15) is 27.7 Å². The van der Waals surface area contributed by atoms with E-state index >= 15 is 0 Å². The number of rotatable bonds is 6. The number of imidazole rings is 1. The van der Waals surface area contributed by atoms with Gasteiger partial charge in [0.15, 0.2) is 5.82 Å². The highest BCUT2D eigenvalue weighted by atomic mass is 32.1. The van der Waals surface area contributed by atoms with E-state index in [0.717, 1.165) is 46.2 Å². The number of likely N-dealkylation sites (tertiary alicyclic amines) is 1. The molecule has 0 unspecified atom stereocenters. The molecular formula is C27H32FN7S. The van der Waals surface area contributed by atoms with Crippen molar-refractivity contribution in [1.29, 1.82) is 0 Å². The summed E-state index contributed by atoms with van der Waals surface area (Å²) in [5, 5.41) is 3.17. The molecule has 0 amide bonds. The predicted molar refractivity (Wildman–Crippen MR) is 143 cm³/mol. The van der Waals surface area contributed by atoms with E-state index in [1.54, 1.807) is 11.3 Å². The molecule has 1 aliphatic carbocycles. The minimum absolute atomic E-state index is 0.310. The molecule has 6 rings (SSSR count). The number of fused-ring (bicyclic) bond motifs is 1. The summed E-state index contributed by atoms with van der Waals surface area (Å²) in [6.07, 6.45) is 9.13. The summed E-state index contributed by atoms with van der Waals surface area (Å²) in [4.78, 5) is 22.6. The van der Waals surface area contributed by atoms with E-state index in [2.05, 4.69) is 49.6 Å². The van der Waals surface area contributed by atoms with Crippen molar-refractivity contribution in [2.45, 2.75) is 64.8 Å². The van der Waals surface area contributed by atoms with Crippen molar-refractivity contribution in [3.8, 4) is 10.6 Å². The van der Waals surface area contributed by atoms with Crippen LogP contribution in [0.25, 0.3) is 20.9 Å². The summed E-state index contributed by atoms with van der Waals surface area (Å²) in [7, 11) is 0. The Labute approximate surface area is 214 Å². The van der Waals surface area contributed by atoms with Gasteiger partial charge >= 0.3 is 0 Å². The molecule has 1 aliphatic heterocycles. The smallest absolute Gasteiger partial charge is 0.229 e. The van der Waals surface area contributed by atoms with Gasteiger partial charge in [-0.15, -0.1) is 11.3 Å². The Hall–Kier alpha value is -2.91. The number of thiophene rings is 1. The zero-order valence-corrected chi connectivity index (χ0v) is 21.9. The molecule has 5 heterocycles. The van der Waals surface area contributed by atoms with Crippen molar-refractivity contribution in [3.05, 3.63) is 47.3 Å². The summed E-state index contributed by atoms with van der Waals surface area (Å²) in [5.41, 5.74) is 3.50. The van der Waals surface area contributed by atoms with Crippen LogP contribution in [0.5, 0.6) is 0 Å². The van der Waals surface area contributed by atoms with Crippen LogP contribution in [0.2, 0.25) is 0 Å². The van der Waals surface area contributed by atoms with Gasteiger partial charge in [-0.3, -0.25) is 0 Å². The highest BCUT2D eigenvalue weighted by molar-refractivity contribution is 7.22. The number of hydrogen-bond acceptors (Lipinski definition) is 7. The second-order valence-corrected chi connectivity index (χ2v) is 11.0. The Morgan fingerprint density at radius 3 is 2.53 bits per heavy atom. The Morgan fingerprint density at radius 1 is 1.06 bits per heavy atom. The van der Waals surface area contributed by atoms with Gasteiger partial charge in [-0.1, -0.05) is 13.0 Å². The van der Waals surface area contributed by atoms with Crippen molar-refractivity contribution in [3.63, 3.8) is 0 Å². The van der Waals surface area contributed by atoms with Crippen molar-refractivity contribution >= 4 is 33.5 Å². The SMILES string of the molecule is CCN1CCC(c2ccc(Nc3ncc(F)c(-c4sc5c(nc(C)n5C5CCC5)c4C)n3)nc2)CC1. The van der Waals surface area contributed by atoms with E-state index in [-0.39, 0.29) is 0 Å². The number of nitrogens with zero attached hydrogens (tertiary/aromatic N) is 6. The lowest BCUT2D eigenvalue weighted by molar-refractivity contribution is 0.222. The minimum Gasteiger partial charge on any atom is -0.317 e. The molecule has 1 saturated heterocycles. The second kappa shape index (κ2) is 9.52. The monoisotopic (exact) mass is 505 g/mol. The van der Waals surface area contributed by atoms with Crippen molar-refractivity contribution in [2.75, 3.05) is 25.0 Å². The maximum atomic E-state index is 14.9. The zero-order valence-electron chi connectivity index (χ0n) is 21.1. The molecule has 188 valence electrons. The number of anilines is 2. The van der Waals surface area contributed by atoms with Crippen LogP contribution in [0.1, 0.15) is 67.9 Å². The minimum atomic E-state index is -0.429. The van der Waals surface area contributed by atoms with Crippen molar-refractivity contribution < 1.29 is 4.39 Å². The molecule has 0 aromatic carbocycles. The highest BCUT2D eigenvalue weighted by Crippen LogP contribution is 2.43. The quantitative estimate of drug-likeness (QED) is 0.328. The summed E-state index contributed by atoms with van der Waals surface area (Å²) >= 11 is 1.57. The summed E-state index contributed by atoms with van der Waals surface area (Å²) in [5.74, 6) is 2.15. The fourth-order valence-corrected chi connectivity index (χ4v) is 6.81. The fourth-order valence-electron chi connectivity index (χ4n) is 5.45. The summed E-state index contributed by atoms with van der Waals surface area (Å²) in [6.45, 7) is 9.68. The molecule has 0 spiro atoms. The first kappa shape index (κ1) is 23.5. The van der Waals surface area contributed by atoms with Gasteiger partial charge in [0.25, 0.3) is 0 Å². The average Bonchev–Trinajstić information content (AvgIpc) is 3.35. The van der Waals surface area contributed by atoms with E-state index in [4.69, 9.17) is 4.98 Å². The molecule has 1 saturated carbocycles. The van der Waals surface area contributed by atoms with Crippen LogP contribution in [0.4, 0.5) is 16.2 Å². The van der Waals surface area contributed by atoms with E-state index in [1.807, 2.05) is 19.2 Å². The lowest BCUT2D eigenvalue weighted by Gasteiger charge is -2.31. The topological polar surface area (TPSA) is 71.8 Å². The number of halogens is 1. The van der Waals surface area contributed by atoms with Crippen LogP contribution in [-0.4, -0.2) is 49.0 Å². The molecule has 1 N–H and O–H groups in total. The molecule has 4 aromatic heterocycles. The molecule has 0 radical (unpaired) electrons. The van der Waals surface area contributed by atoms with E-state index < -0.39 is 5.82 Å². The van der Waals surface area contributed by atoms with Gasteiger partial charge in [0.05, 0.1) is 11.1 Å². The zero-order chi connectivity index (χ0) is 24.8. The normalized spacial score (nSPS) is 17.6. The van der Waals surface area contributed by atoms with Gasteiger partial charge < -0.3 is 14.8 Å². The predicted octanol–water partition coefficient (Wildman–Crippen LogP) is 6.37. The Morgan fingerprint density at radius 2 is 1.86 bits per heavy atom. The van der Waals surface area contributed by atoms with E-state index in [9.17, 15) is 4.39 Å². The summed E-state index contributed by atoms with van der Waals surface area (Å²) < 4.78 is 17.3. The van der Waals surface area contributed by atoms with Gasteiger partial charge in [-0.2, -0.15) is 0 Å². The molecule has 0 bridgehead atoms. The highest BCUT2D eigenvalue weighted by Gasteiger charge is 2.27. The van der Waals surface area contributed by atoms with E-state index in [0.29, 0.717) is 29.4 Å². The Kier molecular flexibility index (Phi) is 6.21. The van der Waals surface area contributed by atoms with Crippen LogP contribution >= 0.6 is 11.3 Å². The van der Waals surface area contributed by atoms with Gasteiger partial charge in [0, 0.05) is 12.2 Å². The molecule has 36 heavy (non-hydrogen) atoms. The van der Waals surface area contributed by atoms with Crippen LogP contribution in [0, 0.1) is 19.7 Å². The van der Waals surface area contributed by atoms with Crippen LogP contribution < -0.4 is 5.32 Å². The van der Waals surface area contributed by atoms with Crippen LogP contribution in [0.3, 0.4) is 0 Å². The van der Waals surface area contributed by atoms with Gasteiger partial charge in [-0.05, 0) is 88.7 Å². The summed E-state index contributed by atoms with van der Waals surface area (Å²) in [6, 6.07) is 4.60. The number of aromatic nitrogens is 5. The Bertz CT molecular complexity index is 1380. The lowest BCUT2D eigenvalue weighted by Crippen LogP contribution is -2.32. The molecular weight excluding hydrogens is 473 g/mol. The first-order valence-corrected chi connectivity index (χ1v) is 13.8.